The third-order valence-corrected chi connectivity index (χ3v) is 4.06. The fraction of sp³-hybridized carbons (Fsp3) is 1.00. The standard InChI is InChI=1S/C6H11IN2O/c7-9-3-1-2-4(9)6(10)5(3)8/h3-6,10H,1-2,8H2. The molecule has 2 aliphatic rings. The Morgan fingerprint density at radius 2 is 2.00 bits per heavy atom. The molecule has 2 aliphatic heterocycles. The molecule has 2 bridgehead atoms. The van der Waals surface area contributed by atoms with Crippen LogP contribution in [0, 0.1) is 0 Å². The van der Waals surface area contributed by atoms with Gasteiger partial charge in [0.05, 0.1) is 6.10 Å². The molecule has 0 amide bonds. The van der Waals surface area contributed by atoms with Crippen molar-refractivity contribution in [3.63, 3.8) is 0 Å². The number of hydrogen-bond donors (Lipinski definition) is 2. The first-order valence-corrected chi connectivity index (χ1v) is 4.56. The molecule has 0 radical (unpaired) electrons. The molecule has 0 saturated carbocycles. The highest BCUT2D eigenvalue weighted by molar-refractivity contribution is 14.1. The van der Waals surface area contributed by atoms with E-state index in [1.54, 1.807) is 0 Å². The van der Waals surface area contributed by atoms with E-state index in [4.69, 9.17) is 5.73 Å². The van der Waals surface area contributed by atoms with Crippen molar-refractivity contribution in [2.75, 3.05) is 0 Å². The number of nitrogens with two attached hydrogens (primary N) is 1. The minimum Gasteiger partial charge on any atom is -0.390 e. The average Bonchev–Trinajstić information content (AvgIpc) is 2.34. The monoisotopic (exact) mass is 254 g/mol. The second-order valence-electron chi connectivity index (χ2n) is 3.12. The normalized spacial score (nSPS) is 54.3. The van der Waals surface area contributed by atoms with E-state index in [0.717, 1.165) is 12.8 Å². The first-order valence-electron chi connectivity index (χ1n) is 3.59. The summed E-state index contributed by atoms with van der Waals surface area (Å²) < 4.78 is 2.19. The molecular formula is C6H11IN2O. The number of nitrogens with zero attached hydrogens (tertiary/aromatic N) is 1. The van der Waals surface area contributed by atoms with Crippen LogP contribution in [-0.2, 0) is 0 Å². The van der Waals surface area contributed by atoms with Crippen molar-refractivity contribution in [3.05, 3.63) is 0 Å². The summed E-state index contributed by atoms with van der Waals surface area (Å²) in [6, 6.07) is 0.761. The molecule has 3 N–H and O–H groups in total. The first kappa shape index (κ1) is 7.27. The predicted octanol–water partition coefficient (Wildman–Crippen LogP) is -0.129. The molecule has 2 rings (SSSR count). The number of halogens is 1. The highest BCUT2D eigenvalue weighted by Crippen LogP contribution is 2.39. The Labute approximate surface area is 74.1 Å². The van der Waals surface area contributed by atoms with Crippen molar-refractivity contribution in [3.8, 4) is 0 Å². The quantitative estimate of drug-likeness (QED) is 0.467. The van der Waals surface area contributed by atoms with Gasteiger partial charge in [0.25, 0.3) is 0 Å². The maximum atomic E-state index is 9.49. The topological polar surface area (TPSA) is 49.5 Å². The summed E-state index contributed by atoms with van der Waals surface area (Å²) in [4.78, 5) is 0. The zero-order chi connectivity index (χ0) is 7.30. The highest BCUT2D eigenvalue weighted by Gasteiger charge is 2.50. The molecule has 4 atom stereocenters. The maximum Gasteiger partial charge on any atom is 0.0869 e. The van der Waals surface area contributed by atoms with Crippen molar-refractivity contribution < 1.29 is 5.11 Å². The largest absolute Gasteiger partial charge is 0.390 e. The Kier molecular flexibility index (Phi) is 1.67. The zero-order valence-corrected chi connectivity index (χ0v) is 7.73. The highest BCUT2D eigenvalue weighted by atomic mass is 127. The molecule has 0 aromatic heterocycles. The predicted molar refractivity (Wildman–Crippen MR) is 46.7 cm³/mol. The van der Waals surface area contributed by atoms with Crippen LogP contribution in [-0.4, -0.2) is 32.4 Å². The van der Waals surface area contributed by atoms with Crippen molar-refractivity contribution in [1.82, 2.24) is 3.11 Å². The Morgan fingerprint density at radius 3 is 2.30 bits per heavy atom. The Morgan fingerprint density at radius 1 is 1.40 bits per heavy atom. The van der Waals surface area contributed by atoms with Gasteiger partial charge in [-0.25, -0.2) is 3.11 Å². The average molecular weight is 254 g/mol. The number of aliphatic hydroxyl groups excluding tert-OH is 1. The van der Waals surface area contributed by atoms with Gasteiger partial charge in [0, 0.05) is 41.0 Å². The molecule has 0 aliphatic carbocycles. The zero-order valence-electron chi connectivity index (χ0n) is 5.57. The minimum atomic E-state index is -0.282. The van der Waals surface area contributed by atoms with Gasteiger partial charge < -0.3 is 10.8 Å². The lowest BCUT2D eigenvalue weighted by molar-refractivity contribution is 0.123. The van der Waals surface area contributed by atoms with E-state index in [0.29, 0.717) is 12.1 Å². The van der Waals surface area contributed by atoms with Crippen LogP contribution in [0.1, 0.15) is 12.8 Å². The van der Waals surface area contributed by atoms with Gasteiger partial charge in [0.1, 0.15) is 0 Å². The van der Waals surface area contributed by atoms with Gasteiger partial charge >= 0.3 is 0 Å². The number of aliphatic hydroxyl groups is 1. The Balaban J connectivity index is 2.21. The lowest BCUT2D eigenvalue weighted by Gasteiger charge is -2.20. The van der Waals surface area contributed by atoms with Crippen LogP contribution < -0.4 is 5.73 Å². The van der Waals surface area contributed by atoms with Crippen LogP contribution >= 0.6 is 22.9 Å². The van der Waals surface area contributed by atoms with E-state index in [-0.39, 0.29) is 12.1 Å². The Bertz CT molecular complexity index is 131. The third-order valence-electron chi connectivity index (χ3n) is 2.62. The third kappa shape index (κ3) is 0.760. The summed E-state index contributed by atoms with van der Waals surface area (Å²) >= 11 is 2.27. The molecule has 0 aromatic carbocycles. The molecule has 3 nitrogen and oxygen atoms in total. The van der Waals surface area contributed by atoms with Crippen molar-refractivity contribution in [2.24, 2.45) is 5.73 Å². The lowest BCUT2D eigenvalue weighted by Crippen LogP contribution is -2.43. The molecule has 0 aromatic rings. The van der Waals surface area contributed by atoms with Crippen molar-refractivity contribution in [2.45, 2.75) is 37.1 Å². The van der Waals surface area contributed by atoms with E-state index in [2.05, 4.69) is 26.0 Å². The van der Waals surface area contributed by atoms with Gasteiger partial charge in [-0.15, -0.1) is 0 Å². The van der Waals surface area contributed by atoms with E-state index in [9.17, 15) is 5.11 Å². The van der Waals surface area contributed by atoms with Crippen LogP contribution in [0.4, 0.5) is 0 Å². The number of fused-ring (bicyclic) bond motifs is 2. The van der Waals surface area contributed by atoms with Gasteiger partial charge in [-0.3, -0.25) is 0 Å². The summed E-state index contributed by atoms with van der Waals surface area (Å²) in [5.74, 6) is 0. The molecule has 4 unspecified atom stereocenters. The van der Waals surface area contributed by atoms with Crippen LogP contribution in [0.5, 0.6) is 0 Å². The molecule has 10 heavy (non-hydrogen) atoms. The smallest absolute Gasteiger partial charge is 0.0869 e. The SMILES string of the molecule is NC1C(O)C2CCC1N2I. The number of rotatable bonds is 0. The van der Waals surface area contributed by atoms with E-state index in [1.807, 2.05) is 0 Å². The maximum absolute atomic E-state index is 9.49. The molecule has 4 heteroatoms. The fourth-order valence-corrected chi connectivity index (χ4v) is 3.25. The van der Waals surface area contributed by atoms with E-state index in [1.165, 1.54) is 0 Å². The van der Waals surface area contributed by atoms with Gasteiger partial charge in [-0.1, -0.05) is 0 Å². The molecular weight excluding hydrogens is 243 g/mol. The molecule has 2 fully saturated rings. The summed E-state index contributed by atoms with van der Waals surface area (Å²) in [6.07, 6.45) is 1.99. The van der Waals surface area contributed by atoms with Gasteiger partial charge in [0.15, 0.2) is 0 Å². The summed E-state index contributed by atoms with van der Waals surface area (Å²) in [5, 5.41) is 9.49. The fourth-order valence-electron chi connectivity index (χ4n) is 1.99. The summed E-state index contributed by atoms with van der Waals surface area (Å²) in [7, 11) is 0. The second kappa shape index (κ2) is 2.30. The van der Waals surface area contributed by atoms with Crippen LogP contribution in [0.25, 0.3) is 0 Å². The van der Waals surface area contributed by atoms with Crippen LogP contribution in [0.3, 0.4) is 0 Å². The van der Waals surface area contributed by atoms with Crippen molar-refractivity contribution in [1.29, 1.82) is 0 Å². The number of hydrogen-bond acceptors (Lipinski definition) is 3. The van der Waals surface area contributed by atoms with Gasteiger partial charge in [0.2, 0.25) is 0 Å². The van der Waals surface area contributed by atoms with Crippen LogP contribution in [0.2, 0.25) is 0 Å². The Hall–Kier alpha value is 0.610. The summed E-state index contributed by atoms with van der Waals surface area (Å²) in [5.41, 5.74) is 5.76. The molecule has 2 heterocycles. The molecule has 0 spiro atoms. The van der Waals surface area contributed by atoms with Crippen LogP contribution in [0.15, 0.2) is 0 Å². The van der Waals surface area contributed by atoms with E-state index < -0.39 is 0 Å². The lowest BCUT2D eigenvalue weighted by atomic mass is 9.94. The molecule has 58 valence electrons. The first-order chi connectivity index (χ1) is 4.72. The van der Waals surface area contributed by atoms with E-state index >= 15 is 0 Å². The van der Waals surface area contributed by atoms with Gasteiger partial charge in [-0.05, 0) is 12.8 Å². The summed E-state index contributed by atoms with van der Waals surface area (Å²) in [6.45, 7) is 0. The van der Waals surface area contributed by atoms with Crippen molar-refractivity contribution >= 4 is 22.9 Å². The minimum absolute atomic E-state index is 0.00403. The molecule has 2 saturated heterocycles. The van der Waals surface area contributed by atoms with Gasteiger partial charge in [-0.2, -0.15) is 0 Å². The second-order valence-corrected chi connectivity index (χ2v) is 4.24.